The van der Waals surface area contributed by atoms with E-state index in [9.17, 15) is 21.8 Å². The molecule has 1 heterocycles. The molecule has 2 aromatic rings. The summed E-state index contributed by atoms with van der Waals surface area (Å²) in [7, 11) is -4.98. The SMILES string of the molecule is CCS(=O)c1ccccc1C(=O)N1CCC(NS(=O)(=O)c2ccc(F)cc2)CC1. The Hall–Kier alpha value is -2.10. The fourth-order valence-electron chi connectivity index (χ4n) is 3.27. The van der Waals surface area contributed by atoms with E-state index in [1.807, 2.05) is 0 Å². The number of nitrogens with zero attached hydrogens (tertiary/aromatic N) is 1. The molecule has 1 saturated heterocycles. The van der Waals surface area contributed by atoms with Crippen molar-refractivity contribution in [3.05, 3.63) is 59.9 Å². The first-order valence-corrected chi connectivity index (χ1v) is 12.2. The zero-order valence-corrected chi connectivity index (χ0v) is 17.6. The molecule has 1 atom stereocenters. The van der Waals surface area contributed by atoms with Gasteiger partial charge in [0.15, 0.2) is 0 Å². The van der Waals surface area contributed by atoms with Gasteiger partial charge < -0.3 is 4.90 Å². The van der Waals surface area contributed by atoms with Crippen LogP contribution in [0.1, 0.15) is 30.1 Å². The number of rotatable bonds is 6. The topological polar surface area (TPSA) is 83.6 Å². The Labute approximate surface area is 172 Å². The Morgan fingerprint density at radius 1 is 1.14 bits per heavy atom. The van der Waals surface area contributed by atoms with Crippen LogP contribution >= 0.6 is 0 Å². The lowest BCUT2D eigenvalue weighted by Gasteiger charge is -2.32. The van der Waals surface area contributed by atoms with Gasteiger partial charge in [-0.15, -0.1) is 0 Å². The molecule has 0 aliphatic carbocycles. The van der Waals surface area contributed by atoms with Gasteiger partial charge in [-0.25, -0.2) is 17.5 Å². The van der Waals surface area contributed by atoms with Gasteiger partial charge in [-0.2, -0.15) is 0 Å². The van der Waals surface area contributed by atoms with E-state index in [1.54, 1.807) is 36.1 Å². The molecule has 1 aliphatic heterocycles. The predicted octanol–water partition coefficient (Wildman–Crippen LogP) is 2.54. The van der Waals surface area contributed by atoms with Gasteiger partial charge in [0, 0.05) is 24.9 Å². The quantitative estimate of drug-likeness (QED) is 0.751. The first kappa shape index (κ1) is 21.6. The van der Waals surface area contributed by atoms with E-state index in [-0.39, 0.29) is 16.8 Å². The summed E-state index contributed by atoms with van der Waals surface area (Å²) in [6, 6.07) is 11.2. The van der Waals surface area contributed by atoms with Gasteiger partial charge in [-0.3, -0.25) is 9.00 Å². The third kappa shape index (κ3) is 5.09. The second-order valence-electron chi connectivity index (χ2n) is 6.77. The highest BCUT2D eigenvalue weighted by molar-refractivity contribution is 7.89. The molecule has 0 radical (unpaired) electrons. The molecule has 3 rings (SSSR count). The smallest absolute Gasteiger partial charge is 0.255 e. The Bertz CT molecular complexity index is 1000. The molecule has 156 valence electrons. The number of piperidine rings is 1. The first-order chi connectivity index (χ1) is 13.8. The minimum absolute atomic E-state index is 0.00776. The average molecular weight is 439 g/mol. The van der Waals surface area contributed by atoms with Crippen molar-refractivity contribution in [3.63, 3.8) is 0 Å². The second-order valence-corrected chi connectivity index (χ2v) is 10.2. The summed E-state index contributed by atoms with van der Waals surface area (Å²) >= 11 is 0. The number of amides is 1. The van der Waals surface area contributed by atoms with Crippen LogP contribution < -0.4 is 4.72 Å². The van der Waals surface area contributed by atoms with Crippen LogP contribution in [0, 0.1) is 5.82 Å². The van der Waals surface area contributed by atoms with Crippen LogP contribution in [0.5, 0.6) is 0 Å². The first-order valence-electron chi connectivity index (χ1n) is 9.36. The van der Waals surface area contributed by atoms with Crippen LogP contribution in [0.25, 0.3) is 0 Å². The minimum Gasteiger partial charge on any atom is -0.338 e. The fraction of sp³-hybridized carbons (Fsp3) is 0.350. The van der Waals surface area contributed by atoms with Crippen LogP contribution in [0.3, 0.4) is 0 Å². The highest BCUT2D eigenvalue weighted by atomic mass is 32.2. The molecule has 29 heavy (non-hydrogen) atoms. The van der Waals surface area contributed by atoms with Crippen molar-refractivity contribution in [2.24, 2.45) is 0 Å². The molecule has 6 nitrogen and oxygen atoms in total. The average Bonchev–Trinajstić information content (AvgIpc) is 2.73. The van der Waals surface area contributed by atoms with Crippen LogP contribution in [0.15, 0.2) is 58.3 Å². The summed E-state index contributed by atoms with van der Waals surface area (Å²) in [6.45, 7) is 2.58. The van der Waals surface area contributed by atoms with Gasteiger partial charge in [0.25, 0.3) is 5.91 Å². The van der Waals surface area contributed by atoms with Crippen LogP contribution in [-0.2, 0) is 20.8 Å². The maximum Gasteiger partial charge on any atom is 0.255 e. The number of sulfonamides is 1. The highest BCUT2D eigenvalue weighted by Crippen LogP contribution is 2.20. The Balaban J connectivity index is 1.64. The Morgan fingerprint density at radius 2 is 1.76 bits per heavy atom. The highest BCUT2D eigenvalue weighted by Gasteiger charge is 2.28. The van der Waals surface area contributed by atoms with E-state index < -0.39 is 26.6 Å². The van der Waals surface area contributed by atoms with Gasteiger partial charge in [-0.05, 0) is 49.2 Å². The summed E-state index contributed by atoms with van der Waals surface area (Å²) in [5.74, 6) is -0.264. The van der Waals surface area contributed by atoms with Crippen LogP contribution in [0.4, 0.5) is 4.39 Å². The minimum atomic E-state index is -3.75. The molecule has 0 bridgehead atoms. The van der Waals surface area contributed by atoms with Gasteiger partial charge in [-0.1, -0.05) is 19.1 Å². The molecule has 9 heteroatoms. The monoisotopic (exact) mass is 438 g/mol. The van der Waals surface area contributed by atoms with Gasteiger partial charge in [0.05, 0.1) is 26.2 Å². The Morgan fingerprint density at radius 3 is 2.38 bits per heavy atom. The number of hydrogen-bond donors (Lipinski definition) is 1. The lowest BCUT2D eigenvalue weighted by molar-refractivity contribution is 0.0707. The number of carbonyl (C=O) groups is 1. The molecule has 0 saturated carbocycles. The van der Waals surface area contributed by atoms with Gasteiger partial charge in [0.2, 0.25) is 10.0 Å². The van der Waals surface area contributed by atoms with Crippen LogP contribution in [-0.4, -0.2) is 48.3 Å². The summed E-state index contributed by atoms with van der Waals surface area (Å²) < 4.78 is 52.8. The van der Waals surface area contributed by atoms with Crippen molar-refractivity contribution in [2.45, 2.75) is 35.6 Å². The van der Waals surface area contributed by atoms with E-state index in [0.717, 1.165) is 12.1 Å². The lowest BCUT2D eigenvalue weighted by atomic mass is 10.0. The molecule has 1 aliphatic rings. The van der Waals surface area contributed by atoms with Gasteiger partial charge >= 0.3 is 0 Å². The van der Waals surface area contributed by atoms with Crippen molar-refractivity contribution >= 4 is 26.7 Å². The van der Waals surface area contributed by atoms with E-state index in [0.29, 0.717) is 42.1 Å². The molecule has 1 N–H and O–H groups in total. The number of hydrogen-bond acceptors (Lipinski definition) is 4. The van der Waals surface area contributed by atoms with Crippen molar-refractivity contribution in [1.82, 2.24) is 9.62 Å². The van der Waals surface area contributed by atoms with E-state index in [4.69, 9.17) is 0 Å². The summed E-state index contributed by atoms with van der Waals surface area (Å²) in [5, 5.41) is 0. The molecule has 0 spiro atoms. The van der Waals surface area contributed by atoms with Crippen molar-refractivity contribution in [1.29, 1.82) is 0 Å². The third-order valence-corrected chi connectivity index (χ3v) is 7.76. The summed E-state index contributed by atoms with van der Waals surface area (Å²) in [5.41, 5.74) is 0.429. The fourth-order valence-corrected chi connectivity index (χ4v) is 5.52. The molecule has 1 amide bonds. The second kappa shape index (κ2) is 9.15. The summed E-state index contributed by atoms with van der Waals surface area (Å²) in [6.07, 6.45) is 0.927. The molecular weight excluding hydrogens is 415 g/mol. The number of benzene rings is 2. The van der Waals surface area contributed by atoms with E-state index in [2.05, 4.69) is 4.72 Å². The predicted molar refractivity (Wildman–Crippen MR) is 109 cm³/mol. The van der Waals surface area contributed by atoms with Crippen molar-refractivity contribution < 1.29 is 21.8 Å². The maximum atomic E-state index is 13.0. The van der Waals surface area contributed by atoms with E-state index >= 15 is 0 Å². The number of halogens is 1. The molecule has 1 unspecified atom stereocenters. The zero-order chi connectivity index (χ0) is 21.0. The third-order valence-electron chi connectivity index (χ3n) is 4.85. The number of nitrogens with one attached hydrogen (secondary N) is 1. The largest absolute Gasteiger partial charge is 0.338 e. The number of carbonyl (C=O) groups excluding carboxylic acids is 1. The standard InChI is InChI=1S/C20H23FN2O4S2/c1-2-28(25)19-6-4-3-5-18(19)20(24)23-13-11-16(12-14-23)22-29(26,27)17-9-7-15(21)8-10-17/h3-10,16,22H,2,11-14H2,1H3. The normalized spacial score (nSPS) is 16.6. The Kier molecular flexibility index (Phi) is 6.81. The van der Waals surface area contributed by atoms with Crippen LogP contribution in [0.2, 0.25) is 0 Å². The lowest BCUT2D eigenvalue weighted by Crippen LogP contribution is -2.46. The van der Waals surface area contributed by atoms with Crippen molar-refractivity contribution in [3.8, 4) is 0 Å². The maximum absolute atomic E-state index is 13.0. The zero-order valence-electron chi connectivity index (χ0n) is 16.0. The molecule has 0 aromatic heterocycles. The summed E-state index contributed by atoms with van der Waals surface area (Å²) in [4.78, 5) is 15.1. The van der Waals surface area contributed by atoms with E-state index in [1.165, 1.54) is 12.1 Å². The number of likely N-dealkylation sites (tertiary alicyclic amines) is 1. The van der Waals surface area contributed by atoms with Crippen molar-refractivity contribution in [2.75, 3.05) is 18.8 Å². The molecular formula is C20H23FN2O4S2. The molecule has 2 aromatic carbocycles. The van der Waals surface area contributed by atoms with Gasteiger partial charge in [0.1, 0.15) is 5.82 Å². The molecule has 1 fully saturated rings.